The van der Waals surface area contributed by atoms with Crippen molar-refractivity contribution in [1.29, 1.82) is 0 Å². The molecular formula is C21H36O. The molecule has 0 atom stereocenters. The molecule has 0 radical (unpaired) electrons. The third-order valence-electron chi connectivity index (χ3n) is 2.95. The first-order valence-corrected chi connectivity index (χ1v) is 8.10. The van der Waals surface area contributed by atoms with Crippen LogP contribution < -0.4 is 4.74 Å². The lowest BCUT2D eigenvalue weighted by atomic mass is 9.94. The third-order valence-corrected chi connectivity index (χ3v) is 2.95. The van der Waals surface area contributed by atoms with E-state index in [0.717, 1.165) is 28.4 Å². The van der Waals surface area contributed by atoms with E-state index in [-0.39, 0.29) is 0 Å². The van der Waals surface area contributed by atoms with E-state index >= 15 is 0 Å². The van der Waals surface area contributed by atoms with Gasteiger partial charge in [-0.05, 0) is 48.4 Å². The van der Waals surface area contributed by atoms with Crippen molar-refractivity contribution < 1.29 is 4.74 Å². The maximum absolute atomic E-state index is 5.35. The Bertz CT molecular complexity index is 430. The first kappa shape index (κ1) is 22.9. The molecule has 22 heavy (non-hydrogen) atoms. The van der Waals surface area contributed by atoms with Crippen molar-refractivity contribution in [3.8, 4) is 18.1 Å². The molecule has 0 spiro atoms. The van der Waals surface area contributed by atoms with Crippen LogP contribution in [0.4, 0.5) is 0 Å². The van der Waals surface area contributed by atoms with Gasteiger partial charge < -0.3 is 4.74 Å². The molecule has 1 heteroatoms. The summed E-state index contributed by atoms with van der Waals surface area (Å²) in [5.74, 6) is 4.36. The molecule has 126 valence electrons. The standard InChI is InChI=1S/C11H12O.C6H14.C4H10/c1-5-11-8(2)6-10(12-4)7-9(11)3;1-5-6(2,3)4;1-4(2)3/h1,6-7H,2-4H3;5H2,1-4H3;4H,1-3H3. The van der Waals surface area contributed by atoms with Gasteiger partial charge >= 0.3 is 0 Å². The molecule has 0 aliphatic rings. The maximum Gasteiger partial charge on any atom is 0.119 e. The summed E-state index contributed by atoms with van der Waals surface area (Å²) in [5, 5.41) is 0. The normalized spacial score (nSPS) is 9.91. The second kappa shape index (κ2) is 11.2. The van der Waals surface area contributed by atoms with E-state index in [0.29, 0.717) is 5.41 Å². The van der Waals surface area contributed by atoms with Crippen LogP contribution in [0.15, 0.2) is 12.1 Å². The summed E-state index contributed by atoms with van der Waals surface area (Å²) in [6.07, 6.45) is 6.62. The molecule has 1 aromatic rings. The van der Waals surface area contributed by atoms with Crippen molar-refractivity contribution in [1.82, 2.24) is 0 Å². The van der Waals surface area contributed by atoms with Crippen LogP contribution in [0.5, 0.6) is 5.75 Å². The van der Waals surface area contributed by atoms with Gasteiger partial charge in [-0.3, -0.25) is 0 Å². The molecule has 0 saturated heterocycles. The fourth-order valence-electron chi connectivity index (χ4n) is 1.27. The Kier molecular flexibility index (Phi) is 11.6. The van der Waals surface area contributed by atoms with Crippen molar-refractivity contribution in [2.45, 2.75) is 68.7 Å². The highest BCUT2D eigenvalue weighted by Crippen LogP contribution is 2.20. The number of aryl methyl sites for hydroxylation is 2. The van der Waals surface area contributed by atoms with Crippen LogP contribution in [-0.4, -0.2) is 7.11 Å². The predicted molar refractivity (Wildman–Crippen MR) is 101 cm³/mol. The van der Waals surface area contributed by atoms with Gasteiger partial charge in [0.2, 0.25) is 0 Å². The first-order chi connectivity index (χ1) is 9.98. The van der Waals surface area contributed by atoms with Crippen molar-refractivity contribution >= 4 is 0 Å². The molecule has 0 aliphatic heterocycles. The second-order valence-corrected chi connectivity index (χ2v) is 7.43. The molecule has 0 heterocycles. The van der Waals surface area contributed by atoms with Crippen LogP contribution in [0.25, 0.3) is 0 Å². The monoisotopic (exact) mass is 304 g/mol. The molecular weight excluding hydrogens is 268 g/mol. The molecule has 1 nitrogen and oxygen atoms in total. The Morgan fingerprint density at radius 3 is 1.59 bits per heavy atom. The quantitative estimate of drug-likeness (QED) is 0.546. The van der Waals surface area contributed by atoms with Crippen molar-refractivity contribution in [3.63, 3.8) is 0 Å². The summed E-state index contributed by atoms with van der Waals surface area (Å²) < 4.78 is 5.11. The smallest absolute Gasteiger partial charge is 0.119 e. The van der Waals surface area contributed by atoms with E-state index in [1.807, 2.05) is 26.0 Å². The van der Waals surface area contributed by atoms with Crippen LogP contribution in [0, 0.1) is 37.5 Å². The van der Waals surface area contributed by atoms with Gasteiger partial charge in [-0.25, -0.2) is 0 Å². The summed E-state index contributed by atoms with van der Waals surface area (Å²) in [5.41, 5.74) is 3.69. The van der Waals surface area contributed by atoms with E-state index < -0.39 is 0 Å². The Balaban J connectivity index is 0. The molecule has 0 aromatic heterocycles. The lowest BCUT2D eigenvalue weighted by molar-refractivity contribution is 0.398. The van der Waals surface area contributed by atoms with Gasteiger partial charge in [-0.1, -0.05) is 60.8 Å². The maximum atomic E-state index is 5.35. The molecule has 0 saturated carbocycles. The van der Waals surface area contributed by atoms with Crippen LogP contribution in [0.3, 0.4) is 0 Å². The van der Waals surface area contributed by atoms with Crippen LogP contribution in [0.1, 0.15) is 71.6 Å². The SMILES string of the molecule is C#Cc1c(C)cc(OC)cc1C.CC(C)C.CCC(C)(C)C. The number of hydrogen-bond acceptors (Lipinski definition) is 1. The lowest BCUT2D eigenvalue weighted by Gasteiger charge is -2.12. The highest BCUT2D eigenvalue weighted by molar-refractivity contribution is 5.49. The van der Waals surface area contributed by atoms with Gasteiger partial charge in [0.25, 0.3) is 0 Å². The first-order valence-electron chi connectivity index (χ1n) is 8.10. The predicted octanol–water partition coefficient (Wildman–Crippen LogP) is 6.40. The highest BCUT2D eigenvalue weighted by atomic mass is 16.5. The van der Waals surface area contributed by atoms with Gasteiger partial charge in [-0.2, -0.15) is 0 Å². The van der Waals surface area contributed by atoms with Gasteiger partial charge in [-0.15, -0.1) is 6.42 Å². The minimum Gasteiger partial charge on any atom is -0.497 e. The number of rotatable bonds is 1. The zero-order valence-corrected chi connectivity index (χ0v) is 16.4. The third kappa shape index (κ3) is 12.3. The zero-order chi connectivity index (χ0) is 17.9. The fraction of sp³-hybridized carbons (Fsp3) is 0.619. The molecule has 0 amide bonds. The van der Waals surface area contributed by atoms with Crippen molar-refractivity contribution in [2.75, 3.05) is 7.11 Å². The van der Waals surface area contributed by atoms with Gasteiger partial charge in [0.1, 0.15) is 5.75 Å². The van der Waals surface area contributed by atoms with Gasteiger partial charge in [0.05, 0.1) is 7.11 Å². The lowest BCUT2D eigenvalue weighted by Crippen LogP contribution is -2.00. The van der Waals surface area contributed by atoms with E-state index in [4.69, 9.17) is 11.2 Å². The average Bonchev–Trinajstić information content (AvgIpc) is 2.37. The van der Waals surface area contributed by atoms with E-state index in [9.17, 15) is 0 Å². The molecule has 0 bridgehead atoms. The topological polar surface area (TPSA) is 9.23 Å². The molecule has 0 aliphatic carbocycles. The summed E-state index contributed by atoms with van der Waals surface area (Å²) >= 11 is 0. The number of methoxy groups -OCH3 is 1. The summed E-state index contributed by atoms with van der Waals surface area (Å²) in [4.78, 5) is 0. The van der Waals surface area contributed by atoms with E-state index in [2.05, 4.69) is 54.4 Å². The van der Waals surface area contributed by atoms with Crippen LogP contribution in [-0.2, 0) is 0 Å². The van der Waals surface area contributed by atoms with Crippen LogP contribution >= 0.6 is 0 Å². The van der Waals surface area contributed by atoms with Gasteiger partial charge in [0, 0.05) is 5.56 Å². The van der Waals surface area contributed by atoms with E-state index in [1.165, 1.54) is 6.42 Å². The highest BCUT2D eigenvalue weighted by Gasteiger charge is 2.03. The largest absolute Gasteiger partial charge is 0.497 e. The molecule has 1 aromatic carbocycles. The molecule has 0 fully saturated rings. The number of hydrogen-bond donors (Lipinski definition) is 0. The number of benzene rings is 1. The average molecular weight is 305 g/mol. The van der Waals surface area contributed by atoms with Crippen molar-refractivity contribution in [2.24, 2.45) is 11.3 Å². The summed E-state index contributed by atoms with van der Waals surface area (Å²) in [6, 6.07) is 3.89. The van der Waals surface area contributed by atoms with Gasteiger partial charge in [0.15, 0.2) is 0 Å². The Labute approximate surface area is 139 Å². The molecule has 0 unspecified atom stereocenters. The summed E-state index contributed by atoms with van der Waals surface area (Å²) in [7, 11) is 1.66. The zero-order valence-electron chi connectivity index (χ0n) is 16.4. The van der Waals surface area contributed by atoms with E-state index in [1.54, 1.807) is 7.11 Å². The Morgan fingerprint density at radius 1 is 1.09 bits per heavy atom. The van der Waals surface area contributed by atoms with Crippen LogP contribution in [0.2, 0.25) is 0 Å². The number of terminal acetylenes is 1. The molecule has 1 rings (SSSR count). The van der Waals surface area contributed by atoms with Crippen molar-refractivity contribution in [3.05, 3.63) is 28.8 Å². The summed E-state index contributed by atoms with van der Waals surface area (Å²) in [6.45, 7) is 19.4. The minimum atomic E-state index is 0.542. The molecule has 0 N–H and O–H groups in total. The fourth-order valence-corrected chi connectivity index (χ4v) is 1.27. The minimum absolute atomic E-state index is 0.542. The number of ether oxygens (including phenoxy) is 1. The Hall–Kier alpha value is -1.42. The second-order valence-electron chi connectivity index (χ2n) is 7.43. The Morgan fingerprint density at radius 2 is 1.41 bits per heavy atom.